The highest BCUT2D eigenvalue weighted by atomic mass is 35.5. The van der Waals surface area contributed by atoms with Crippen molar-refractivity contribution in [3.63, 3.8) is 0 Å². The third-order valence-electron chi connectivity index (χ3n) is 3.13. The van der Waals surface area contributed by atoms with Gasteiger partial charge in [-0.2, -0.15) is 0 Å². The van der Waals surface area contributed by atoms with Crippen molar-refractivity contribution in [1.82, 2.24) is 19.7 Å². The summed E-state index contributed by atoms with van der Waals surface area (Å²) in [4.78, 5) is 4.48. The van der Waals surface area contributed by atoms with Crippen molar-refractivity contribution in [1.29, 1.82) is 0 Å². The molecule has 7 heteroatoms. The van der Waals surface area contributed by atoms with E-state index in [1.807, 2.05) is 31.2 Å². The molecule has 3 aromatic rings. The predicted molar refractivity (Wildman–Crippen MR) is 92.6 cm³/mol. The van der Waals surface area contributed by atoms with Crippen LogP contribution < -0.4 is 0 Å². The zero-order valence-corrected chi connectivity index (χ0v) is 14.7. The van der Waals surface area contributed by atoms with E-state index in [0.717, 1.165) is 39.5 Å². The fourth-order valence-electron chi connectivity index (χ4n) is 2.13. The van der Waals surface area contributed by atoms with E-state index in [0.29, 0.717) is 5.02 Å². The largest absolute Gasteiger partial charge is 0.302 e. The number of halogens is 1. The van der Waals surface area contributed by atoms with Gasteiger partial charge in [-0.15, -0.1) is 21.5 Å². The highest BCUT2D eigenvalue weighted by molar-refractivity contribution is 7.98. The van der Waals surface area contributed by atoms with Crippen LogP contribution in [0.1, 0.15) is 17.6 Å². The van der Waals surface area contributed by atoms with E-state index in [4.69, 9.17) is 11.6 Å². The van der Waals surface area contributed by atoms with Gasteiger partial charge in [0.25, 0.3) is 0 Å². The Kier molecular flexibility index (Phi) is 4.81. The molecule has 0 spiro atoms. The second-order valence-corrected chi connectivity index (χ2v) is 7.15. The quantitative estimate of drug-likeness (QED) is 0.627. The maximum atomic E-state index is 6.07. The molecule has 2 aromatic heterocycles. The molecule has 1 aromatic carbocycles. The minimum absolute atomic E-state index is 0.704. The van der Waals surface area contributed by atoms with Crippen LogP contribution in [0.4, 0.5) is 0 Å². The number of thioether (sulfide) groups is 1. The van der Waals surface area contributed by atoms with E-state index in [1.165, 1.54) is 0 Å². The average Bonchev–Trinajstić information content (AvgIpc) is 3.10. The highest BCUT2D eigenvalue weighted by Gasteiger charge is 2.14. The van der Waals surface area contributed by atoms with E-state index in [-0.39, 0.29) is 0 Å². The first kappa shape index (κ1) is 15.5. The SMILES string of the molecule is CCn1c(SCc2csc(C)n2)nnc1-c1cccc(Cl)c1. The summed E-state index contributed by atoms with van der Waals surface area (Å²) in [6.07, 6.45) is 0. The summed E-state index contributed by atoms with van der Waals surface area (Å²) in [7, 11) is 0. The van der Waals surface area contributed by atoms with E-state index in [1.54, 1.807) is 23.1 Å². The zero-order chi connectivity index (χ0) is 15.5. The lowest BCUT2D eigenvalue weighted by molar-refractivity contribution is 0.687. The molecule has 0 unspecified atom stereocenters. The monoisotopic (exact) mass is 350 g/mol. The molecule has 0 aliphatic carbocycles. The summed E-state index contributed by atoms with van der Waals surface area (Å²) >= 11 is 9.40. The fraction of sp³-hybridized carbons (Fsp3) is 0.267. The number of aryl methyl sites for hydroxylation is 1. The number of nitrogens with zero attached hydrogens (tertiary/aromatic N) is 4. The molecule has 0 bridgehead atoms. The second kappa shape index (κ2) is 6.81. The zero-order valence-electron chi connectivity index (χ0n) is 12.3. The Hall–Kier alpha value is -1.37. The number of aromatic nitrogens is 4. The molecule has 2 heterocycles. The lowest BCUT2D eigenvalue weighted by atomic mass is 10.2. The van der Waals surface area contributed by atoms with Crippen LogP contribution in [0.5, 0.6) is 0 Å². The van der Waals surface area contributed by atoms with Crippen LogP contribution in [-0.4, -0.2) is 19.7 Å². The first-order chi connectivity index (χ1) is 10.7. The molecule has 22 heavy (non-hydrogen) atoms. The summed E-state index contributed by atoms with van der Waals surface area (Å²) in [6, 6.07) is 7.70. The maximum absolute atomic E-state index is 6.07. The summed E-state index contributed by atoms with van der Waals surface area (Å²) in [5, 5.41) is 13.4. The van der Waals surface area contributed by atoms with E-state index >= 15 is 0 Å². The van der Waals surface area contributed by atoms with Gasteiger partial charge >= 0.3 is 0 Å². The van der Waals surface area contributed by atoms with Crippen molar-refractivity contribution in [3.8, 4) is 11.4 Å². The number of benzene rings is 1. The van der Waals surface area contributed by atoms with Crippen LogP contribution in [0, 0.1) is 6.92 Å². The van der Waals surface area contributed by atoms with Crippen molar-refractivity contribution >= 4 is 34.7 Å². The smallest absolute Gasteiger partial charge is 0.191 e. The van der Waals surface area contributed by atoms with Crippen molar-refractivity contribution < 1.29 is 0 Å². The molecule has 4 nitrogen and oxygen atoms in total. The second-order valence-electron chi connectivity index (χ2n) is 4.71. The van der Waals surface area contributed by atoms with Gasteiger partial charge in [0.05, 0.1) is 10.7 Å². The summed E-state index contributed by atoms with van der Waals surface area (Å²) in [6.45, 7) is 4.92. The van der Waals surface area contributed by atoms with Gasteiger partial charge in [0.2, 0.25) is 0 Å². The Morgan fingerprint density at radius 1 is 1.32 bits per heavy atom. The minimum Gasteiger partial charge on any atom is -0.302 e. The molecule has 0 aliphatic rings. The number of hydrogen-bond acceptors (Lipinski definition) is 5. The third kappa shape index (κ3) is 3.34. The van der Waals surface area contributed by atoms with Crippen molar-refractivity contribution in [3.05, 3.63) is 45.4 Å². The van der Waals surface area contributed by atoms with Gasteiger partial charge in [0.1, 0.15) is 0 Å². The first-order valence-electron chi connectivity index (χ1n) is 6.90. The fourth-order valence-corrected chi connectivity index (χ4v) is 3.94. The molecule has 0 saturated heterocycles. The van der Waals surface area contributed by atoms with E-state index in [9.17, 15) is 0 Å². The Labute approximate surface area is 142 Å². The molecule has 0 fully saturated rings. The molecule has 0 radical (unpaired) electrons. The standard InChI is InChI=1S/C15H15ClN4S2/c1-3-20-14(11-5-4-6-12(16)7-11)18-19-15(20)22-9-13-8-21-10(2)17-13/h4-8H,3,9H2,1-2H3. The molecule has 114 valence electrons. The van der Waals surface area contributed by atoms with Crippen molar-refractivity contribution in [2.45, 2.75) is 31.3 Å². The maximum Gasteiger partial charge on any atom is 0.191 e. The Morgan fingerprint density at radius 3 is 2.86 bits per heavy atom. The van der Waals surface area contributed by atoms with E-state index in [2.05, 4.69) is 32.1 Å². The topological polar surface area (TPSA) is 43.6 Å². The van der Waals surface area contributed by atoms with Crippen LogP contribution >= 0.6 is 34.7 Å². The van der Waals surface area contributed by atoms with Crippen molar-refractivity contribution in [2.24, 2.45) is 0 Å². The van der Waals surface area contributed by atoms with E-state index < -0.39 is 0 Å². The van der Waals surface area contributed by atoms with Crippen LogP contribution in [0.2, 0.25) is 5.02 Å². The predicted octanol–water partition coefficient (Wildman–Crippen LogP) is 4.68. The molecule has 0 aliphatic heterocycles. The average molecular weight is 351 g/mol. The normalized spacial score (nSPS) is 11.0. The molecule has 0 N–H and O–H groups in total. The minimum atomic E-state index is 0.704. The van der Waals surface area contributed by atoms with Crippen molar-refractivity contribution in [2.75, 3.05) is 0 Å². The van der Waals surface area contributed by atoms with Crippen LogP contribution in [0.15, 0.2) is 34.8 Å². The molecule has 3 rings (SSSR count). The Morgan fingerprint density at radius 2 is 2.18 bits per heavy atom. The van der Waals surface area contributed by atoms with Crippen LogP contribution in [0.3, 0.4) is 0 Å². The molecular formula is C15H15ClN4S2. The molecular weight excluding hydrogens is 336 g/mol. The molecule has 0 atom stereocenters. The summed E-state index contributed by atoms with van der Waals surface area (Å²) in [5.41, 5.74) is 2.07. The van der Waals surface area contributed by atoms with Crippen LogP contribution in [0.25, 0.3) is 11.4 Å². The Bertz CT molecular complexity index is 781. The lowest BCUT2D eigenvalue weighted by Gasteiger charge is -2.07. The highest BCUT2D eigenvalue weighted by Crippen LogP contribution is 2.27. The van der Waals surface area contributed by atoms with Gasteiger partial charge in [-0.05, 0) is 26.0 Å². The van der Waals surface area contributed by atoms with Gasteiger partial charge in [-0.1, -0.05) is 35.5 Å². The first-order valence-corrected chi connectivity index (χ1v) is 9.14. The number of hydrogen-bond donors (Lipinski definition) is 0. The van der Waals surface area contributed by atoms with Gasteiger partial charge < -0.3 is 4.57 Å². The van der Waals surface area contributed by atoms with Crippen LogP contribution in [-0.2, 0) is 12.3 Å². The molecule has 0 saturated carbocycles. The third-order valence-corrected chi connectivity index (χ3v) is 5.19. The Balaban J connectivity index is 1.84. The van der Waals surface area contributed by atoms with Gasteiger partial charge in [-0.3, -0.25) is 0 Å². The number of thiazole rings is 1. The molecule has 0 amide bonds. The van der Waals surface area contributed by atoms with Gasteiger partial charge in [0, 0.05) is 28.3 Å². The number of rotatable bonds is 5. The lowest BCUT2D eigenvalue weighted by Crippen LogP contribution is -2.00. The van der Waals surface area contributed by atoms with Gasteiger partial charge in [0.15, 0.2) is 11.0 Å². The van der Waals surface area contributed by atoms with Gasteiger partial charge in [-0.25, -0.2) is 4.98 Å². The summed E-state index contributed by atoms with van der Waals surface area (Å²) < 4.78 is 2.11. The summed E-state index contributed by atoms with van der Waals surface area (Å²) in [5.74, 6) is 1.65.